The second-order valence-electron chi connectivity index (χ2n) is 3.76. The minimum Gasteiger partial charge on any atom is -0.388 e. The van der Waals surface area contributed by atoms with Crippen molar-refractivity contribution in [1.29, 1.82) is 0 Å². The first kappa shape index (κ1) is 12.4. The molecule has 0 saturated heterocycles. The van der Waals surface area contributed by atoms with Gasteiger partial charge in [-0.2, -0.15) is 0 Å². The van der Waals surface area contributed by atoms with E-state index in [1.807, 2.05) is 0 Å². The van der Waals surface area contributed by atoms with Crippen LogP contribution in [0.15, 0.2) is 42.5 Å². The number of thiocarbonyl (C=S) groups is 1. The van der Waals surface area contributed by atoms with Gasteiger partial charge in [-0.3, -0.25) is 0 Å². The van der Waals surface area contributed by atoms with Gasteiger partial charge >= 0.3 is 0 Å². The van der Waals surface area contributed by atoms with Crippen molar-refractivity contribution >= 4 is 28.7 Å². The Hall–Kier alpha value is -2.01. The number of rotatable bonds is 3. The third-order valence-corrected chi connectivity index (χ3v) is 2.75. The van der Waals surface area contributed by atoms with Gasteiger partial charge in [-0.1, -0.05) is 30.4 Å². The number of nitrogens with zero attached hydrogens (tertiary/aromatic N) is 2. The molecule has 0 radical (unpaired) electrons. The average molecular weight is 261 g/mol. The highest BCUT2D eigenvalue weighted by Gasteiger charge is 2.10. The van der Waals surface area contributed by atoms with E-state index in [1.54, 1.807) is 48.3 Å². The van der Waals surface area contributed by atoms with Crippen molar-refractivity contribution < 1.29 is 4.39 Å². The lowest BCUT2D eigenvalue weighted by atomic mass is 10.2. The van der Waals surface area contributed by atoms with Crippen LogP contribution in [0.3, 0.4) is 0 Å². The van der Waals surface area contributed by atoms with E-state index in [0.29, 0.717) is 17.2 Å². The van der Waals surface area contributed by atoms with E-state index in [-0.39, 0.29) is 10.8 Å². The third kappa shape index (κ3) is 2.46. The van der Waals surface area contributed by atoms with Gasteiger partial charge in [0.1, 0.15) is 16.6 Å². The number of para-hydroxylation sites is 1. The summed E-state index contributed by atoms with van der Waals surface area (Å²) in [4.78, 5) is 6.15. The Bertz CT molecular complexity index is 586. The standard InChI is InChI=1S/C13H12FN3S/c1-17(11-7-3-2-5-9(11)14)12-8-4-6-10(16-12)13(15)18/h2-8H,1H3,(H2,15,18). The average Bonchev–Trinajstić information content (AvgIpc) is 2.38. The molecule has 0 fully saturated rings. The van der Waals surface area contributed by atoms with Gasteiger partial charge in [0.2, 0.25) is 0 Å². The first-order valence-electron chi connectivity index (χ1n) is 5.34. The first-order valence-corrected chi connectivity index (χ1v) is 5.75. The predicted octanol–water partition coefficient (Wildman–Crippen LogP) is 2.62. The molecule has 1 aromatic heterocycles. The van der Waals surface area contributed by atoms with Crippen molar-refractivity contribution in [2.75, 3.05) is 11.9 Å². The normalized spacial score (nSPS) is 10.1. The zero-order valence-electron chi connectivity index (χ0n) is 9.80. The molecule has 18 heavy (non-hydrogen) atoms. The molecule has 0 spiro atoms. The van der Waals surface area contributed by atoms with Crippen LogP contribution in [0.4, 0.5) is 15.9 Å². The lowest BCUT2D eigenvalue weighted by molar-refractivity contribution is 0.627. The van der Waals surface area contributed by atoms with Crippen LogP contribution in [0.25, 0.3) is 0 Å². The van der Waals surface area contributed by atoms with Crippen molar-refractivity contribution in [2.45, 2.75) is 0 Å². The lowest BCUT2D eigenvalue weighted by Crippen LogP contribution is -2.16. The molecule has 0 aliphatic heterocycles. The fourth-order valence-corrected chi connectivity index (χ4v) is 1.71. The van der Waals surface area contributed by atoms with Crippen molar-refractivity contribution in [2.24, 2.45) is 5.73 Å². The van der Waals surface area contributed by atoms with Crippen LogP contribution in [0.1, 0.15) is 5.69 Å². The highest BCUT2D eigenvalue weighted by Crippen LogP contribution is 2.24. The zero-order valence-corrected chi connectivity index (χ0v) is 10.6. The van der Waals surface area contributed by atoms with Gasteiger partial charge in [-0.05, 0) is 24.3 Å². The van der Waals surface area contributed by atoms with Gasteiger partial charge in [-0.15, -0.1) is 0 Å². The summed E-state index contributed by atoms with van der Waals surface area (Å²) < 4.78 is 13.7. The van der Waals surface area contributed by atoms with Crippen LogP contribution in [0, 0.1) is 5.82 Å². The number of pyridine rings is 1. The number of hydrogen-bond acceptors (Lipinski definition) is 3. The topological polar surface area (TPSA) is 42.1 Å². The van der Waals surface area contributed by atoms with Crippen molar-refractivity contribution in [1.82, 2.24) is 4.98 Å². The molecular weight excluding hydrogens is 249 g/mol. The molecule has 0 amide bonds. The number of hydrogen-bond donors (Lipinski definition) is 1. The van der Waals surface area contributed by atoms with E-state index in [9.17, 15) is 4.39 Å². The smallest absolute Gasteiger partial charge is 0.146 e. The van der Waals surface area contributed by atoms with Crippen LogP contribution in [0.2, 0.25) is 0 Å². The zero-order chi connectivity index (χ0) is 13.1. The molecule has 0 saturated carbocycles. The Balaban J connectivity index is 2.40. The fourth-order valence-electron chi connectivity index (χ4n) is 1.59. The van der Waals surface area contributed by atoms with E-state index in [0.717, 1.165) is 0 Å². The van der Waals surface area contributed by atoms with Crippen LogP contribution in [-0.2, 0) is 0 Å². The summed E-state index contributed by atoms with van der Waals surface area (Å²) in [5.41, 5.74) is 6.50. The Morgan fingerprint density at radius 2 is 1.94 bits per heavy atom. The molecular formula is C13H12FN3S. The summed E-state index contributed by atoms with van der Waals surface area (Å²) in [6.07, 6.45) is 0. The quantitative estimate of drug-likeness (QED) is 0.862. The van der Waals surface area contributed by atoms with Gasteiger partial charge < -0.3 is 10.6 Å². The van der Waals surface area contributed by atoms with Crippen LogP contribution < -0.4 is 10.6 Å². The summed E-state index contributed by atoms with van der Waals surface area (Å²) in [5.74, 6) is 0.285. The number of nitrogens with two attached hydrogens (primary N) is 1. The summed E-state index contributed by atoms with van der Waals surface area (Å²) in [5, 5.41) is 0. The number of benzene rings is 1. The summed E-state index contributed by atoms with van der Waals surface area (Å²) in [7, 11) is 1.74. The Labute approximate surface area is 110 Å². The molecule has 2 N–H and O–H groups in total. The summed E-state index contributed by atoms with van der Waals surface area (Å²) in [6, 6.07) is 11.8. The van der Waals surface area contributed by atoms with Gasteiger partial charge in [0.05, 0.1) is 11.4 Å². The molecule has 0 aliphatic carbocycles. The summed E-state index contributed by atoms with van der Waals surface area (Å²) >= 11 is 4.87. The predicted molar refractivity (Wildman–Crippen MR) is 74.6 cm³/mol. The fraction of sp³-hybridized carbons (Fsp3) is 0.0769. The highest BCUT2D eigenvalue weighted by atomic mass is 32.1. The first-order chi connectivity index (χ1) is 8.59. The Kier molecular flexibility index (Phi) is 3.53. The Morgan fingerprint density at radius 3 is 2.61 bits per heavy atom. The largest absolute Gasteiger partial charge is 0.388 e. The summed E-state index contributed by atoms with van der Waals surface area (Å²) in [6.45, 7) is 0. The molecule has 0 aliphatic rings. The molecule has 5 heteroatoms. The highest BCUT2D eigenvalue weighted by molar-refractivity contribution is 7.80. The van der Waals surface area contributed by atoms with E-state index in [1.165, 1.54) is 6.07 Å². The molecule has 2 rings (SSSR count). The van der Waals surface area contributed by atoms with Crippen molar-refractivity contribution in [3.8, 4) is 0 Å². The maximum Gasteiger partial charge on any atom is 0.146 e. The second kappa shape index (κ2) is 5.10. The SMILES string of the molecule is CN(c1cccc(C(N)=S)n1)c1ccccc1F. The lowest BCUT2D eigenvalue weighted by Gasteiger charge is -2.19. The minimum absolute atomic E-state index is 0.221. The maximum atomic E-state index is 13.7. The van der Waals surface area contributed by atoms with E-state index in [4.69, 9.17) is 18.0 Å². The van der Waals surface area contributed by atoms with Crippen LogP contribution in [0.5, 0.6) is 0 Å². The van der Waals surface area contributed by atoms with Gasteiger partial charge in [0.15, 0.2) is 0 Å². The van der Waals surface area contributed by atoms with E-state index >= 15 is 0 Å². The molecule has 92 valence electrons. The molecule has 0 atom stereocenters. The van der Waals surface area contributed by atoms with Crippen LogP contribution in [-0.4, -0.2) is 17.0 Å². The number of aromatic nitrogens is 1. The molecule has 2 aromatic rings. The third-order valence-electron chi connectivity index (χ3n) is 2.54. The van der Waals surface area contributed by atoms with Crippen LogP contribution >= 0.6 is 12.2 Å². The van der Waals surface area contributed by atoms with Crippen molar-refractivity contribution in [3.63, 3.8) is 0 Å². The molecule has 0 bridgehead atoms. The molecule has 3 nitrogen and oxygen atoms in total. The molecule has 1 aromatic carbocycles. The van der Waals surface area contributed by atoms with Gasteiger partial charge in [0.25, 0.3) is 0 Å². The minimum atomic E-state index is -0.303. The van der Waals surface area contributed by atoms with E-state index in [2.05, 4.69) is 4.98 Å². The number of halogens is 1. The second-order valence-corrected chi connectivity index (χ2v) is 4.20. The maximum absolute atomic E-state index is 13.7. The van der Waals surface area contributed by atoms with Gasteiger partial charge in [0, 0.05) is 7.05 Å². The molecule has 0 unspecified atom stereocenters. The van der Waals surface area contributed by atoms with Gasteiger partial charge in [-0.25, -0.2) is 9.37 Å². The van der Waals surface area contributed by atoms with Crippen molar-refractivity contribution in [3.05, 3.63) is 54.0 Å². The Morgan fingerprint density at radius 1 is 1.22 bits per heavy atom. The molecule has 1 heterocycles. The van der Waals surface area contributed by atoms with E-state index < -0.39 is 0 Å². The monoisotopic (exact) mass is 261 g/mol. The number of anilines is 2.